The Hall–Kier alpha value is -1.06. The van der Waals surface area contributed by atoms with Gasteiger partial charge in [-0.05, 0) is 24.7 Å². The van der Waals surface area contributed by atoms with Crippen molar-refractivity contribution in [2.24, 2.45) is 39.4 Å². The van der Waals surface area contributed by atoms with Crippen molar-refractivity contribution in [3.05, 3.63) is 0 Å². The maximum absolute atomic E-state index is 14.3. The third kappa shape index (κ3) is 2.22. The van der Waals surface area contributed by atoms with Gasteiger partial charge in [0.1, 0.15) is 17.6 Å². The largest absolute Gasteiger partial charge is 0.462 e. The van der Waals surface area contributed by atoms with Gasteiger partial charge >= 0.3 is 5.97 Å². The van der Waals surface area contributed by atoms with Gasteiger partial charge in [0.2, 0.25) is 5.79 Å². The van der Waals surface area contributed by atoms with Crippen LogP contribution in [0.15, 0.2) is 0 Å². The number of Topliss-reactive ketones (excluding diaryl/α,β-unsaturated/α-hetero) is 1. The Bertz CT molecular complexity index is 857. The third-order valence-electron chi connectivity index (χ3n) is 10.1. The Morgan fingerprint density at radius 3 is 2.47 bits per heavy atom. The van der Waals surface area contributed by atoms with Crippen LogP contribution in [0.2, 0.25) is 0 Å². The monoisotopic (exact) mass is 452 g/mol. The van der Waals surface area contributed by atoms with Crippen LogP contribution >= 0.6 is 0 Å². The van der Waals surface area contributed by atoms with E-state index in [9.17, 15) is 24.9 Å². The number of aliphatic hydroxyl groups excluding tert-OH is 2. The van der Waals surface area contributed by atoms with E-state index in [-0.39, 0.29) is 30.3 Å². The van der Waals surface area contributed by atoms with Gasteiger partial charge in [-0.25, -0.2) is 0 Å². The first-order valence-corrected chi connectivity index (χ1v) is 11.8. The van der Waals surface area contributed by atoms with Crippen LogP contribution in [-0.2, 0) is 23.8 Å². The van der Waals surface area contributed by atoms with Gasteiger partial charge in [-0.15, -0.1) is 0 Å². The van der Waals surface area contributed by atoms with Crippen LogP contribution in [0.1, 0.15) is 53.4 Å². The Labute approximate surface area is 188 Å². The van der Waals surface area contributed by atoms with Crippen LogP contribution in [0.25, 0.3) is 0 Å². The molecule has 0 aromatic carbocycles. The number of hydrogen-bond donors (Lipinski definition) is 3. The molecule has 2 heterocycles. The fourth-order valence-electron chi connectivity index (χ4n) is 9.28. The highest BCUT2D eigenvalue weighted by Gasteiger charge is 2.89. The zero-order chi connectivity index (χ0) is 23.5. The summed E-state index contributed by atoms with van der Waals surface area (Å²) in [6, 6.07) is 0. The van der Waals surface area contributed by atoms with Gasteiger partial charge in [0, 0.05) is 37.2 Å². The van der Waals surface area contributed by atoms with E-state index < -0.39 is 58.1 Å². The molecule has 10 atom stereocenters. The third-order valence-corrected chi connectivity index (χ3v) is 10.1. The van der Waals surface area contributed by atoms with Crippen LogP contribution in [0.3, 0.4) is 0 Å². The summed E-state index contributed by atoms with van der Waals surface area (Å²) >= 11 is 0. The van der Waals surface area contributed by atoms with Gasteiger partial charge in [0.15, 0.2) is 5.78 Å². The summed E-state index contributed by atoms with van der Waals surface area (Å²) in [6.07, 6.45) is -0.546. The number of rotatable bonds is 3. The molecule has 0 aromatic heterocycles. The van der Waals surface area contributed by atoms with E-state index in [1.807, 2.05) is 0 Å². The number of aliphatic hydroxyl groups is 3. The highest BCUT2D eigenvalue weighted by atomic mass is 16.6. The van der Waals surface area contributed by atoms with Crippen molar-refractivity contribution in [3.63, 3.8) is 0 Å². The summed E-state index contributed by atoms with van der Waals surface area (Å²) in [5, 5.41) is 35.5. The average molecular weight is 453 g/mol. The molecular weight excluding hydrogens is 416 g/mol. The van der Waals surface area contributed by atoms with Crippen LogP contribution in [0.4, 0.5) is 0 Å². The van der Waals surface area contributed by atoms with Crippen molar-refractivity contribution in [1.29, 1.82) is 0 Å². The predicted octanol–water partition coefficient (Wildman–Crippen LogP) is 1.04. The summed E-state index contributed by atoms with van der Waals surface area (Å²) < 4.78 is 17.3. The molecule has 8 heteroatoms. The highest BCUT2D eigenvalue weighted by molar-refractivity contribution is 5.96. The van der Waals surface area contributed by atoms with Gasteiger partial charge in [-0.1, -0.05) is 27.2 Å². The minimum absolute atomic E-state index is 0.0585. The maximum Gasteiger partial charge on any atom is 0.302 e. The van der Waals surface area contributed by atoms with Crippen molar-refractivity contribution in [2.45, 2.75) is 77.5 Å². The molecule has 0 amide bonds. The molecule has 6 aliphatic rings. The number of carbonyl (C=O) groups is 2. The topological polar surface area (TPSA) is 123 Å². The van der Waals surface area contributed by atoms with Crippen molar-refractivity contribution in [2.75, 3.05) is 20.3 Å². The molecule has 8 nitrogen and oxygen atoms in total. The Balaban J connectivity index is 1.80. The van der Waals surface area contributed by atoms with Crippen LogP contribution in [-0.4, -0.2) is 71.5 Å². The first kappa shape index (κ1) is 22.7. The maximum atomic E-state index is 14.3. The lowest BCUT2D eigenvalue weighted by atomic mass is 9.36. The molecule has 6 rings (SSSR count). The molecule has 0 unspecified atom stereocenters. The second-order valence-corrected chi connectivity index (χ2v) is 11.9. The van der Waals surface area contributed by atoms with E-state index in [0.717, 1.165) is 12.8 Å². The molecule has 4 saturated carbocycles. The summed E-state index contributed by atoms with van der Waals surface area (Å²) in [4.78, 5) is 26.5. The fourth-order valence-corrected chi connectivity index (χ4v) is 9.28. The normalized spacial score (nSPS) is 55.3. The van der Waals surface area contributed by atoms with E-state index in [1.54, 1.807) is 6.92 Å². The molecule has 2 aliphatic heterocycles. The van der Waals surface area contributed by atoms with Gasteiger partial charge in [-0.3, -0.25) is 9.59 Å². The molecule has 2 spiro atoms. The number of hydrogen-bond acceptors (Lipinski definition) is 8. The van der Waals surface area contributed by atoms with E-state index in [0.29, 0.717) is 12.8 Å². The highest BCUT2D eigenvalue weighted by Crippen LogP contribution is 2.78. The smallest absolute Gasteiger partial charge is 0.302 e. The average Bonchev–Trinajstić information content (AvgIpc) is 2.78. The van der Waals surface area contributed by atoms with Crippen LogP contribution < -0.4 is 0 Å². The Morgan fingerprint density at radius 2 is 1.84 bits per heavy atom. The Morgan fingerprint density at radius 1 is 1.16 bits per heavy atom. The van der Waals surface area contributed by atoms with E-state index >= 15 is 0 Å². The summed E-state index contributed by atoms with van der Waals surface area (Å²) in [7, 11) is 1.50. The molecule has 180 valence electrons. The van der Waals surface area contributed by atoms with Gasteiger partial charge in [-0.2, -0.15) is 0 Å². The molecule has 4 bridgehead atoms. The molecule has 2 saturated heterocycles. The lowest BCUT2D eigenvalue weighted by Gasteiger charge is -2.74. The number of fused-ring (bicyclic) bond motifs is 2. The second kappa shape index (κ2) is 6.54. The number of carbonyl (C=O) groups excluding carboxylic acids is 2. The first-order chi connectivity index (χ1) is 14.8. The van der Waals surface area contributed by atoms with Gasteiger partial charge < -0.3 is 29.5 Å². The van der Waals surface area contributed by atoms with Crippen molar-refractivity contribution in [1.82, 2.24) is 0 Å². The molecule has 4 aliphatic carbocycles. The lowest BCUT2D eigenvalue weighted by Crippen LogP contribution is -2.85. The SMILES string of the molecule is COC[C@]1(C)C(=O)[C@]23[C@H](O)[C@H]1C[C@H](OC(C)=O)[C@H]2[C@]12CCCC(C)(C)[C@H]1[C@H](O)[C@@]3(O)OC2. The van der Waals surface area contributed by atoms with Gasteiger partial charge in [0.25, 0.3) is 0 Å². The molecule has 0 aromatic rings. The van der Waals surface area contributed by atoms with E-state index in [1.165, 1.54) is 14.0 Å². The van der Waals surface area contributed by atoms with E-state index in [4.69, 9.17) is 14.2 Å². The number of methoxy groups -OCH3 is 1. The fraction of sp³-hybridized carbons (Fsp3) is 0.917. The minimum atomic E-state index is -2.27. The minimum Gasteiger partial charge on any atom is -0.462 e. The number of ether oxygens (including phenoxy) is 3. The molecule has 3 N–H and O–H groups in total. The first-order valence-electron chi connectivity index (χ1n) is 11.8. The summed E-state index contributed by atoms with van der Waals surface area (Å²) in [5.74, 6) is -4.69. The van der Waals surface area contributed by atoms with Crippen molar-refractivity contribution in [3.8, 4) is 0 Å². The Kier molecular flexibility index (Phi) is 4.64. The second-order valence-electron chi connectivity index (χ2n) is 11.9. The standard InChI is InChI=1S/C24H36O8/c1-12(25)32-14-9-13-17(26)23(19(28)21(13,4)10-30-5)15(14)22-8-6-7-20(2,3)16(22)18(27)24(23,29)31-11-22/h13-18,26-27,29H,6-11H2,1-5H3/t13-,14+,15+,16-,17-,18+,21+,22-,23-,24-/m1/s1. The quantitative estimate of drug-likeness (QED) is 0.543. The summed E-state index contributed by atoms with van der Waals surface area (Å²) in [5.41, 5.74) is -3.92. The van der Waals surface area contributed by atoms with Gasteiger partial charge in [0.05, 0.1) is 24.7 Å². The van der Waals surface area contributed by atoms with Crippen LogP contribution in [0.5, 0.6) is 0 Å². The van der Waals surface area contributed by atoms with E-state index in [2.05, 4.69) is 13.8 Å². The molecule has 0 radical (unpaired) electrons. The van der Waals surface area contributed by atoms with Crippen LogP contribution in [0, 0.1) is 39.4 Å². The number of ketones is 1. The number of esters is 1. The molecular formula is C24H36O8. The molecule has 6 fully saturated rings. The zero-order valence-electron chi connectivity index (χ0n) is 19.6. The molecule has 32 heavy (non-hydrogen) atoms. The zero-order valence-corrected chi connectivity index (χ0v) is 19.6. The van der Waals surface area contributed by atoms with Crippen molar-refractivity contribution < 1.29 is 39.1 Å². The predicted molar refractivity (Wildman–Crippen MR) is 111 cm³/mol. The van der Waals surface area contributed by atoms with Crippen molar-refractivity contribution >= 4 is 11.8 Å². The lowest BCUT2D eigenvalue weighted by molar-refractivity contribution is -0.456. The summed E-state index contributed by atoms with van der Waals surface area (Å²) in [6.45, 7) is 7.46.